The lowest BCUT2D eigenvalue weighted by atomic mass is 10.1. The molecule has 1 aromatic heterocycles. The third-order valence-corrected chi connectivity index (χ3v) is 2.63. The summed E-state index contributed by atoms with van der Waals surface area (Å²) < 4.78 is 5.44. The van der Waals surface area contributed by atoms with Gasteiger partial charge in [0, 0.05) is 6.92 Å². The summed E-state index contributed by atoms with van der Waals surface area (Å²) in [5.74, 6) is 0.736. The Morgan fingerprint density at radius 3 is 3.06 bits per heavy atom. The van der Waals surface area contributed by atoms with Crippen molar-refractivity contribution in [3.63, 3.8) is 0 Å². The zero-order valence-electron chi connectivity index (χ0n) is 9.92. The highest BCUT2D eigenvalue weighted by molar-refractivity contribution is 5.73. The summed E-state index contributed by atoms with van der Waals surface area (Å²) in [5, 5.41) is 3.33. The molecule has 86 valence electrons. The van der Waals surface area contributed by atoms with Crippen LogP contribution in [0.25, 0.3) is 11.1 Å². The average molecular weight is 218 g/mol. The van der Waals surface area contributed by atoms with E-state index in [4.69, 9.17) is 4.42 Å². The third-order valence-electron chi connectivity index (χ3n) is 2.63. The molecule has 0 saturated heterocycles. The number of aryl methyl sites for hydroxylation is 2. The molecule has 0 bridgehead atoms. The van der Waals surface area contributed by atoms with E-state index in [0.29, 0.717) is 0 Å². The number of rotatable bonds is 5. The molecule has 0 atom stereocenters. The van der Waals surface area contributed by atoms with E-state index in [0.717, 1.165) is 42.9 Å². The van der Waals surface area contributed by atoms with E-state index >= 15 is 0 Å². The molecule has 3 nitrogen and oxygen atoms in total. The van der Waals surface area contributed by atoms with Crippen LogP contribution in [0.1, 0.15) is 24.8 Å². The highest BCUT2D eigenvalue weighted by Gasteiger charge is 2.02. The number of aromatic nitrogens is 1. The fraction of sp³-hybridized carbons (Fsp3) is 0.462. The minimum Gasteiger partial charge on any atom is -0.441 e. The quantitative estimate of drug-likeness (QED) is 0.784. The second-order valence-corrected chi connectivity index (χ2v) is 3.99. The molecular formula is C13H18N2O. The van der Waals surface area contributed by atoms with Crippen LogP contribution in [-0.2, 0) is 6.42 Å². The highest BCUT2D eigenvalue weighted by atomic mass is 16.3. The molecule has 16 heavy (non-hydrogen) atoms. The molecule has 0 aliphatic rings. The predicted molar refractivity (Wildman–Crippen MR) is 65.6 cm³/mol. The first-order valence-corrected chi connectivity index (χ1v) is 5.86. The van der Waals surface area contributed by atoms with Crippen LogP contribution in [0.3, 0.4) is 0 Å². The molecule has 0 amide bonds. The minimum absolute atomic E-state index is 0.736. The van der Waals surface area contributed by atoms with Gasteiger partial charge in [0.05, 0.1) is 0 Å². The summed E-state index contributed by atoms with van der Waals surface area (Å²) in [6.45, 7) is 6.13. The molecule has 0 unspecified atom stereocenters. The van der Waals surface area contributed by atoms with Crippen molar-refractivity contribution in [3.8, 4) is 0 Å². The van der Waals surface area contributed by atoms with Crippen molar-refractivity contribution in [2.45, 2.75) is 26.7 Å². The van der Waals surface area contributed by atoms with Crippen LogP contribution in [0.2, 0.25) is 0 Å². The Morgan fingerprint density at radius 1 is 1.38 bits per heavy atom. The maximum Gasteiger partial charge on any atom is 0.192 e. The Balaban J connectivity index is 2.02. The standard InChI is InChI=1S/C13H18N2O/c1-3-14-8-4-5-11-6-7-13-12(9-11)15-10(2)16-13/h6-7,9,14H,3-5,8H2,1-2H3. The summed E-state index contributed by atoms with van der Waals surface area (Å²) in [4.78, 5) is 4.34. The molecule has 0 saturated carbocycles. The summed E-state index contributed by atoms with van der Waals surface area (Å²) in [7, 11) is 0. The maximum absolute atomic E-state index is 5.44. The van der Waals surface area contributed by atoms with E-state index in [1.807, 2.05) is 13.0 Å². The third kappa shape index (κ3) is 2.61. The van der Waals surface area contributed by atoms with E-state index in [1.165, 1.54) is 5.56 Å². The normalized spacial score (nSPS) is 11.1. The monoisotopic (exact) mass is 218 g/mol. The fourth-order valence-electron chi connectivity index (χ4n) is 1.84. The Labute approximate surface area is 95.9 Å². The first-order valence-electron chi connectivity index (χ1n) is 5.86. The summed E-state index contributed by atoms with van der Waals surface area (Å²) in [6, 6.07) is 6.26. The van der Waals surface area contributed by atoms with Gasteiger partial charge >= 0.3 is 0 Å². The molecule has 0 spiro atoms. The Morgan fingerprint density at radius 2 is 2.25 bits per heavy atom. The van der Waals surface area contributed by atoms with Crippen molar-refractivity contribution in [3.05, 3.63) is 29.7 Å². The van der Waals surface area contributed by atoms with Gasteiger partial charge in [0.15, 0.2) is 11.5 Å². The number of hydrogen-bond acceptors (Lipinski definition) is 3. The first-order chi connectivity index (χ1) is 7.79. The second kappa shape index (κ2) is 5.12. The van der Waals surface area contributed by atoms with E-state index in [1.54, 1.807) is 0 Å². The number of hydrogen-bond donors (Lipinski definition) is 1. The van der Waals surface area contributed by atoms with Crippen molar-refractivity contribution in [1.29, 1.82) is 0 Å². The van der Waals surface area contributed by atoms with Gasteiger partial charge in [-0.2, -0.15) is 0 Å². The van der Waals surface area contributed by atoms with Crippen LogP contribution in [0.15, 0.2) is 22.6 Å². The molecule has 1 N–H and O–H groups in total. The Bertz CT molecular complexity index is 462. The molecular weight excluding hydrogens is 200 g/mol. The SMILES string of the molecule is CCNCCCc1ccc2oc(C)nc2c1. The minimum atomic E-state index is 0.736. The Hall–Kier alpha value is -1.35. The van der Waals surface area contributed by atoms with E-state index in [9.17, 15) is 0 Å². The molecule has 1 heterocycles. The van der Waals surface area contributed by atoms with Crippen molar-refractivity contribution in [2.24, 2.45) is 0 Å². The molecule has 0 fully saturated rings. The first kappa shape index (κ1) is 11.1. The number of nitrogens with zero attached hydrogens (tertiary/aromatic N) is 1. The van der Waals surface area contributed by atoms with Crippen LogP contribution in [0.5, 0.6) is 0 Å². The summed E-state index contributed by atoms with van der Waals surface area (Å²) >= 11 is 0. The number of benzene rings is 1. The maximum atomic E-state index is 5.44. The van der Waals surface area contributed by atoms with Gasteiger partial charge < -0.3 is 9.73 Å². The van der Waals surface area contributed by atoms with E-state index in [2.05, 4.69) is 29.4 Å². The van der Waals surface area contributed by atoms with Crippen LogP contribution in [0, 0.1) is 6.92 Å². The molecule has 3 heteroatoms. The van der Waals surface area contributed by atoms with Crippen LogP contribution >= 0.6 is 0 Å². The van der Waals surface area contributed by atoms with Gasteiger partial charge in [0.1, 0.15) is 5.52 Å². The van der Waals surface area contributed by atoms with Gasteiger partial charge in [-0.1, -0.05) is 13.0 Å². The second-order valence-electron chi connectivity index (χ2n) is 3.99. The van der Waals surface area contributed by atoms with E-state index < -0.39 is 0 Å². The molecule has 0 aliphatic carbocycles. The molecule has 0 radical (unpaired) electrons. The van der Waals surface area contributed by atoms with Crippen LogP contribution in [0.4, 0.5) is 0 Å². The van der Waals surface area contributed by atoms with Gasteiger partial charge in [-0.05, 0) is 43.6 Å². The van der Waals surface area contributed by atoms with Crippen molar-refractivity contribution >= 4 is 11.1 Å². The van der Waals surface area contributed by atoms with Crippen LogP contribution < -0.4 is 5.32 Å². The summed E-state index contributed by atoms with van der Waals surface area (Å²) in [6.07, 6.45) is 2.25. The smallest absolute Gasteiger partial charge is 0.192 e. The largest absolute Gasteiger partial charge is 0.441 e. The topological polar surface area (TPSA) is 38.1 Å². The van der Waals surface area contributed by atoms with Gasteiger partial charge in [-0.25, -0.2) is 4.98 Å². The Kier molecular flexibility index (Phi) is 3.57. The van der Waals surface area contributed by atoms with Gasteiger partial charge in [-0.15, -0.1) is 0 Å². The predicted octanol–water partition coefficient (Wildman–Crippen LogP) is 2.68. The fourth-order valence-corrected chi connectivity index (χ4v) is 1.84. The van der Waals surface area contributed by atoms with Crippen molar-refractivity contribution in [1.82, 2.24) is 10.3 Å². The molecule has 2 rings (SSSR count). The van der Waals surface area contributed by atoms with Crippen LogP contribution in [-0.4, -0.2) is 18.1 Å². The number of nitrogens with one attached hydrogen (secondary N) is 1. The van der Waals surface area contributed by atoms with E-state index in [-0.39, 0.29) is 0 Å². The average Bonchev–Trinajstić information content (AvgIpc) is 2.64. The molecule has 0 aliphatic heterocycles. The molecule has 1 aromatic carbocycles. The van der Waals surface area contributed by atoms with Crippen molar-refractivity contribution in [2.75, 3.05) is 13.1 Å². The lowest BCUT2D eigenvalue weighted by Gasteiger charge is -2.01. The zero-order valence-corrected chi connectivity index (χ0v) is 9.92. The number of oxazole rings is 1. The van der Waals surface area contributed by atoms with Gasteiger partial charge in [0.25, 0.3) is 0 Å². The lowest BCUT2D eigenvalue weighted by Crippen LogP contribution is -2.14. The lowest BCUT2D eigenvalue weighted by molar-refractivity contribution is 0.561. The number of fused-ring (bicyclic) bond motifs is 1. The highest BCUT2D eigenvalue weighted by Crippen LogP contribution is 2.17. The molecule has 2 aromatic rings. The summed E-state index contributed by atoms with van der Waals surface area (Å²) in [5.41, 5.74) is 3.19. The van der Waals surface area contributed by atoms with Gasteiger partial charge in [-0.3, -0.25) is 0 Å². The zero-order chi connectivity index (χ0) is 11.4. The van der Waals surface area contributed by atoms with Crippen molar-refractivity contribution < 1.29 is 4.42 Å². The van der Waals surface area contributed by atoms with Gasteiger partial charge in [0.2, 0.25) is 0 Å².